The van der Waals surface area contributed by atoms with E-state index in [-0.39, 0.29) is 5.91 Å². The van der Waals surface area contributed by atoms with Gasteiger partial charge in [0.25, 0.3) is 0 Å². The molecular weight excluding hydrogens is 238 g/mol. The van der Waals surface area contributed by atoms with E-state index < -0.39 is 0 Å². The SMILES string of the molecule is CCCNC(=O)CCN1C2CCC1CC(NCC)C2. The fraction of sp³-hybridized carbons (Fsp3) is 0.933. The first-order valence-electron chi connectivity index (χ1n) is 8.00. The minimum Gasteiger partial charge on any atom is -0.356 e. The fourth-order valence-corrected chi connectivity index (χ4v) is 3.68. The highest BCUT2D eigenvalue weighted by Gasteiger charge is 2.40. The van der Waals surface area contributed by atoms with Crippen molar-refractivity contribution in [1.29, 1.82) is 0 Å². The van der Waals surface area contributed by atoms with Crippen LogP contribution in [0, 0.1) is 0 Å². The van der Waals surface area contributed by atoms with Gasteiger partial charge in [0.1, 0.15) is 0 Å². The molecule has 4 nitrogen and oxygen atoms in total. The highest BCUT2D eigenvalue weighted by molar-refractivity contribution is 5.76. The maximum atomic E-state index is 11.7. The lowest BCUT2D eigenvalue weighted by Gasteiger charge is -2.39. The van der Waals surface area contributed by atoms with Crippen molar-refractivity contribution in [2.45, 2.75) is 70.5 Å². The van der Waals surface area contributed by atoms with Crippen LogP contribution in [0.3, 0.4) is 0 Å². The third-order valence-corrected chi connectivity index (χ3v) is 4.55. The van der Waals surface area contributed by atoms with Crippen LogP contribution in [0.15, 0.2) is 0 Å². The molecule has 2 bridgehead atoms. The number of carbonyl (C=O) groups is 1. The Morgan fingerprint density at radius 2 is 1.89 bits per heavy atom. The first-order valence-corrected chi connectivity index (χ1v) is 8.00. The van der Waals surface area contributed by atoms with Crippen LogP contribution >= 0.6 is 0 Å². The van der Waals surface area contributed by atoms with Gasteiger partial charge in [-0.2, -0.15) is 0 Å². The number of hydrogen-bond acceptors (Lipinski definition) is 3. The molecule has 0 radical (unpaired) electrons. The number of fused-ring (bicyclic) bond motifs is 2. The van der Waals surface area contributed by atoms with Gasteiger partial charge in [0.05, 0.1) is 0 Å². The highest BCUT2D eigenvalue weighted by atomic mass is 16.1. The van der Waals surface area contributed by atoms with Crippen molar-refractivity contribution < 1.29 is 4.79 Å². The van der Waals surface area contributed by atoms with Gasteiger partial charge in [0.15, 0.2) is 0 Å². The maximum Gasteiger partial charge on any atom is 0.221 e. The lowest BCUT2D eigenvalue weighted by atomic mass is 9.97. The minimum atomic E-state index is 0.218. The number of nitrogens with one attached hydrogen (secondary N) is 2. The molecule has 2 aliphatic rings. The molecule has 2 fully saturated rings. The van der Waals surface area contributed by atoms with E-state index in [1.165, 1.54) is 25.7 Å². The Balaban J connectivity index is 1.75. The molecule has 0 aliphatic carbocycles. The van der Waals surface area contributed by atoms with Gasteiger partial charge in [-0.1, -0.05) is 13.8 Å². The van der Waals surface area contributed by atoms with Crippen LogP contribution in [-0.2, 0) is 4.79 Å². The van der Waals surface area contributed by atoms with Crippen molar-refractivity contribution in [3.63, 3.8) is 0 Å². The molecule has 2 atom stereocenters. The summed E-state index contributed by atoms with van der Waals surface area (Å²) in [6.45, 7) is 7.11. The molecule has 0 aromatic heterocycles. The monoisotopic (exact) mass is 267 g/mol. The standard InChI is InChI=1S/C15H29N3O/c1-3-8-17-15(19)7-9-18-13-5-6-14(18)11-12(10-13)16-4-2/h12-14,16H,3-11H2,1-2H3,(H,17,19). The second kappa shape index (κ2) is 7.25. The first-order chi connectivity index (χ1) is 9.24. The van der Waals surface area contributed by atoms with E-state index in [1.54, 1.807) is 0 Å². The number of rotatable bonds is 7. The molecule has 2 rings (SSSR count). The first kappa shape index (κ1) is 14.8. The molecule has 0 aromatic carbocycles. The zero-order valence-electron chi connectivity index (χ0n) is 12.5. The second-order valence-corrected chi connectivity index (χ2v) is 5.95. The van der Waals surface area contributed by atoms with Crippen LogP contribution in [0.5, 0.6) is 0 Å². The van der Waals surface area contributed by atoms with Crippen LogP contribution in [0.4, 0.5) is 0 Å². The Morgan fingerprint density at radius 3 is 2.47 bits per heavy atom. The van der Waals surface area contributed by atoms with Gasteiger partial charge in [0, 0.05) is 37.6 Å². The zero-order valence-corrected chi connectivity index (χ0v) is 12.5. The summed E-state index contributed by atoms with van der Waals surface area (Å²) in [6, 6.07) is 2.12. The quantitative estimate of drug-likeness (QED) is 0.735. The summed E-state index contributed by atoms with van der Waals surface area (Å²) >= 11 is 0. The third-order valence-electron chi connectivity index (χ3n) is 4.55. The Hall–Kier alpha value is -0.610. The van der Waals surface area contributed by atoms with Crippen molar-refractivity contribution in [2.75, 3.05) is 19.6 Å². The Kier molecular flexibility index (Phi) is 5.64. The Labute approximate surface area is 117 Å². The summed E-state index contributed by atoms with van der Waals surface area (Å²) < 4.78 is 0. The van der Waals surface area contributed by atoms with Crippen LogP contribution in [0.2, 0.25) is 0 Å². The zero-order chi connectivity index (χ0) is 13.7. The highest BCUT2D eigenvalue weighted by Crippen LogP contribution is 2.35. The van der Waals surface area contributed by atoms with Crippen molar-refractivity contribution in [3.05, 3.63) is 0 Å². The lowest BCUT2D eigenvalue weighted by Crippen LogP contribution is -2.49. The smallest absolute Gasteiger partial charge is 0.221 e. The molecule has 1 amide bonds. The van der Waals surface area contributed by atoms with Gasteiger partial charge < -0.3 is 10.6 Å². The van der Waals surface area contributed by atoms with Gasteiger partial charge in [0.2, 0.25) is 5.91 Å². The second-order valence-electron chi connectivity index (χ2n) is 5.95. The summed E-state index contributed by atoms with van der Waals surface area (Å²) in [4.78, 5) is 14.3. The van der Waals surface area contributed by atoms with E-state index in [2.05, 4.69) is 29.4 Å². The Bertz CT molecular complexity index is 281. The summed E-state index contributed by atoms with van der Waals surface area (Å²) in [6.07, 6.45) is 6.86. The van der Waals surface area contributed by atoms with E-state index in [9.17, 15) is 4.79 Å². The summed E-state index contributed by atoms with van der Waals surface area (Å²) in [5.41, 5.74) is 0. The van der Waals surface area contributed by atoms with Crippen molar-refractivity contribution in [2.24, 2.45) is 0 Å². The topological polar surface area (TPSA) is 44.4 Å². The molecule has 4 heteroatoms. The van der Waals surface area contributed by atoms with Crippen LogP contribution < -0.4 is 10.6 Å². The number of piperidine rings is 1. The lowest BCUT2D eigenvalue weighted by molar-refractivity contribution is -0.121. The molecule has 2 aliphatic heterocycles. The molecule has 19 heavy (non-hydrogen) atoms. The van der Waals surface area contributed by atoms with Gasteiger partial charge in [-0.3, -0.25) is 9.69 Å². The minimum absolute atomic E-state index is 0.218. The summed E-state index contributed by atoms with van der Waals surface area (Å²) in [5, 5.41) is 6.57. The van der Waals surface area contributed by atoms with E-state index in [4.69, 9.17) is 0 Å². The molecule has 2 saturated heterocycles. The van der Waals surface area contributed by atoms with Crippen molar-refractivity contribution in [3.8, 4) is 0 Å². The normalized spacial score (nSPS) is 30.5. The van der Waals surface area contributed by atoms with Crippen LogP contribution in [0.1, 0.15) is 52.4 Å². The summed E-state index contributed by atoms with van der Waals surface area (Å²) in [5.74, 6) is 0.218. The van der Waals surface area contributed by atoms with E-state index >= 15 is 0 Å². The molecule has 2 heterocycles. The molecule has 0 saturated carbocycles. The van der Waals surface area contributed by atoms with Crippen LogP contribution in [-0.4, -0.2) is 48.6 Å². The van der Waals surface area contributed by atoms with Gasteiger partial charge in [-0.15, -0.1) is 0 Å². The van der Waals surface area contributed by atoms with Crippen LogP contribution in [0.25, 0.3) is 0 Å². The van der Waals surface area contributed by atoms with Crippen molar-refractivity contribution >= 4 is 5.91 Å². The molecule has 2 unspecified atom stereocenters. The average Bonchev–Trinajstić information content (AvgIpc) is 2.64. The van der Waals surface area contributed by atoms with E-state index in [0.717, 1.165) is 26.1 Å². The predicted octanol–water partition coefficient (Wildman–Crippen LogP) is 1.51. The molecule has 0 aromatic rings. The largest absolute Gasteiger partial charge is 0.356 e. The number of carbonyl (C=O) groups excluding carboxylic acids is 1. The van der Waals surface area contributed by atoms with Gasteiger partial charge >= 0.3 is 0 Å². The van der Waals surface area contributed by atoms with E-state index in [0.29, 0.717) is 24.5 Å². The predicted molar refractivity (Wildman–Crippen MR) is 78.1 cm³/mol. The third kappa shape index (κ3) is 3.93. The molecule has 110 valence electrons. The fourth-order valence-electron chi connectivity index (χ4n) is 3.68. The van der Waals surface area contributed by atoms with Crippen molar-refractivity contribution in [1.82, 2.24) is 15.5 Å². The number of nitrogens with zero attached hydrogens (tertiary/aromatic N) is 1. The molecule has 2 N–H and O–H groups in total. The maximum absolute atomic E-state index is 11.7. The molecule has 0 spiro atoms. The Morgan fingerprint density at radius 1 is 1.21 bits per heavy atom. The average molecular weight is 267 g/mol. The van der Waals surface area contributed by atoms with Gasteiger partial charge in [-0.25, -0.2) is 0 Å². The number of hydrogen-bond donors (Lipinski definition) is 2. The summed E-state index contributed by atoms with van der Waals surface area (Å²) in [7, 11) is 0. The van der Waals surface area contributed by atoms with E-state index in [1.807, 2.05) is 0 Å². The molecular formula is C15H29N3O. The number of amides is 1. The van der Waals surface area contributed by atoms with Gasteiger partial charge in [-0.05, 0) is 38.6 Å².